The molecule has 0 aromatic heterocycles. The molecule has 0 saturated carbocycles. The summed E-state index contributed by atoms with van der Waals surface area (Å²) < 4.78 is 1.13. The van der Waals surface area contributed by atoms with E-state index in [0.29, 0.717) is 6.04 Å². The fraction of sp³-hybridized carbons (Fsp3) is 0.294. The predicted molar refractivity (Wildman–Crippen MR) is 92.6 cm³/mol. The van der Waals surface area contributed by atoms with Crippen LogP contribution < -0.4 is 5.32 Å². The Kier molecular flexibility index (Phi) is 5.70. The number of aryl methyl sites for hydroxylation is 1. The van der Waals surface area contributed by atoms with E-state index in [1.807, 2.05) is 18.8 Å². The molecule has 0 fully saturated rings. The van der Waals surface area contributed by atoms with Crippen LogP contribution in [0.4, 0.5) is 0 Å². The minimum absolute atomic E-state index is 0.378. The van der Waals surface area contributed by atoms with Gasteiger partial charge in [-0.05, 0) is 61.9 Å². The second-order valence-electron chi connectivity index (χ2n) is 4.90. The Balaban J connectivity index is 2.09. The molecule has 20 heavy (non-hydrogen) atoms. The Morgan fingerprint density at radius 3 is 2.45 bits per heavy atom. The molecule has 0 radical (unpaired) electrons. The van der Waals surface area contributed by atoms with Crippen molar-refractivity contribution in [3.63, 3.8) is 0 Å². The molecule has 0 bridgehead atoms. The van der Waals surface area contributed by atoms with Crippen LogP contribution in [0.5, 0.6) is 0 Å². The summed E-state index contributed by atoms with van der Waals surface area (Å²) in [5.74, 6) is 1.03. The highest BCUT2D eigenvalue weighted by molar-refractivity contribution is 9.10. The fourth-order valence-electron chi connectivity index (χ4n) is 2.19. The molecule has 0 amide bonds. The molecule has 1 N–H and O–H groups in total. The van der Waals surface area contributed by atoms with Crippen LogP contribution in [0.15, 0.2) is 51.8 Å². The van der Waals surface area contributed by atoms with E-state index in [4.69, 9.17) is 0 Å². The number of hydrogen-bond acceptors (Lipinski definition) is 2. The van der Waals surface area contributed by atoms with Crippen LogP contribution in [0.3, 0.4) is 0 Å². The second-order valence-corrected chi connectivity index (χ2v) is 6.90. The summed E-state index contributed by atoms with van der Waals surface area (Å²) in [4.78, 5) is 1.30. The molecule has 1 unspecified atom stereocenters. The van der Waals surface area contributed by atoms with Crippen LogP contribution in [0.25, 0.3) is 0 Å². The van der Waals surface area contributed by atoms with Crippen molar-refractivity contribution >= 4 is 27.7 Å². The van der Waals surface area contributed by atoms with Gasteiger partial charge in [-0.1, -0.05) is 34.1 Å². The summed E-state index contributed by atoms with van der Waals surface area (Å²) in [5, 5.41) is 3.44. The van der Waals surface area contributed by atoms with Gasteiger partial charge in [0.1, 0.15) is 0 Å². The van der Waals surface area contributed by atoms with Gasteiger partial charge in [0.05, 0.1) is 0 Å². The zero-order chi connectivity index (χ0) is 14.5. The van der Waals surface area contributed by atoms with Crippen molar-refractivity contribution in [1.29, 1.82) is 0 Å². The molecule has 0 spiro atoms. The lowest BCUT2D eigenvalue weighted by molar-refractivity contribution is 0.657. The second kappa shape index (κ2) is 7.30. The van der Waals surface area contributed by atoms with E-state index >= 15 is 0 Å². The zero-order valence-corrected chi connectivity index (χ0v) is 14.5. The summed E-state index contributed by atoms with van der Waals surface area (Å²) in [6, 6.07) is 15.4. The molecule has 0 aliphatic rings. The third kappa shape index (κ3) is 3.87. The van der Waals surface area contributed by atoms with Crippen LogP contribution >= 0.6 is 27.7 Å². The Morgan fingerprint density at radius 1 is 1.10 bits per heavy atom. The molecule has 1 atom stereocenters. The standard InChI is InChI=1S/C17H20BrNS/c1-12-5-4-6-16(13(12)2)17(19-3)11-20-15-9-7-14(18)8-10-15/h4-10,17,19H,11H2,1-3H3. The van der Waals surface area contributed by atoms with E-state index in [0.717, 1.165) is 10.2 Å². The molecule has 0 saturated heterocycles. The number of hydrogen-bond donors (Lipinski definition) is 1. The van der Waals surface area contributed by atoms with Crippen LogP contribution in [0.1, 0.15) is 22.7 Å². The number of rotatable bonds is 5. The maximum absolute atomic E-state index is 3.47. The summed E-state index contributed by atoms with van der Waals surface area (Å²) >= 11 is 5.36. The maximum atomic E-state index is 3.47. The van der Waals surface area contributed by atoms with Gasteiger partial charge in [0, 0.05) is 21.2 Å². The molecular formula is C17H20BrNS. The van der Waals surface area contributed by atoms with Gasteiger partial charge in [-0.25, -0.2) is 0 Å². The lowest BCUT2D eigenvalue weighted by Crippen LogP contribution is -2.20. The minimum Gasteiger partial charge on any atom is -0.312 e. The first-order valence-corrected chi connectivity index (χ1v) is 8.51. The largest absolute Gasteiger partial charge is 0.312 e. The van der Waals surface area contributed by atoms with E-state index in [9.17, 15) is 0 Å². The highest BCUT2D eigenvalue weighted by Crippen LogP contribution is 2.28. The molecule has 2 aromatic rings. The molecule has 3 heteroatoms. The number of thioether (sulfide) groups is 1. The van der Waals surface area contributed by atoms with Crippen molar-refractivity contribution in [1.82, 2.24) is 5.32 Å². The summed E-state index contributed by atoms with van der Waals surface area (Å²) in [6.07, 6.45) is 0. The van der Waals surface area contributed by atoms with E-state index in [-0.39, 0.29) is 0 Å². The molecule has 0 aliphatic carbocycles. The average Bonchev–Trinajstić information content (AvgIpc) is 2.45. The number of nitrogens with one attached hydrogen (secondary N) is 1. The van der Waals surface area contributed by atoms with Crippen molar-refractivity contribution in [3.05, 3.63) is 63.6 Å². The van der Waals surface area contributed by atoms with E-state index in [2.05, 4.69) is 77.6 Å². The Labute approximate surface area is 134 Å². The fourth-order valence-corrected chi connectivity index (χ4v) is 3.49. The van der Waals surface area contributed by atoms with Crippen LogP contribution in [-0.4, -0.2) is 12.8 Å². The minimum atomic E-state index is 0.378. The monoisotopic (exact) mass is 349 g/mol. The third-order valence-electron chi connectivity index (χ3n) is 3.60. The Hall–Kier alpha value is -0.770. The van der Waals surface area contributed by atoms with Crippen LogP contribution in [-0.2, 0) is 0 Å². The molecule has 0 aliphatic heterocycles. The van der Waals surface area contributed by atoms with Gasteiger partial charge in [-0.15, -0.1) is 11.8 Å². The van der Waals surface area contributed by atoms with Gasteiger partial charge in [0.25, 0.3) is 0 Å². The summed E-state index contributed by atoms with van der Waals surface area (Å²) in [7, 11) is 2.04. The first-order chi connectivity index (χ1) is 9.61. The van der Waals surface area contributed by atoms with E-state index in [1.165, 1.54) is 21.6 Å². The van der Waals surface area contributed by atoms with Crippen molar-refractivity contribution in [2.45, 2.75) is 24.8 Å². The van der Waals surface area contributed by atoms with Gasteiger partial charge in [0.2, 0.25) is 0 Å². The maximum Gasteiger partial charge on any atom is 0.0415 e. The normalized spacial score (nSPS) is 12.4. The lowest BCUT2D eigenvalue weighted by atomic mass is 9.98. The van der Waals surface area contributed by atoms with E-state index in [1.54, 1.807) is 0 Å². The first kappa shape index (κ1) is 15.6. The highest BCUT2D eigenvalue weighted by atomic mass is 79.9. The molecule has 106 valence electrons. The number of halogens is 1. The van der Waals surface area contributed by atoms with Gasteiger partial charge < -0.3 is 5.32 Å². The van der Waals surface area contributed by atoms with Gasteiger partial charge in [0.15, 0.2) is 0 Å². The molecule has 2 aromatic carbocycles. The van der Waals surface area contributed by atoms with Crippen LogP contribution in [0.2, 0.25) is 0 Å². The van der Waals surface area contributed by atoms with E-state index < -0.39 is 0 Å². The molecular weight excluding hydrogens is 330 g/mol. The smallest absolute Gasteiger partial charge is 0.0415 e. The SMILES string of the molecule is CNC(CSc1ccc(Br)cc1)c1cccc(C)c1C. The Morgan fingerprint density at radius 2 is 1.80 bits per heavy atom. The van der Waals surface area contributed by atoms with Crippen molar-refractivity contribution in [3.8, 4) is 0 Å². The summed E-state index contributed by atoms with van der Waals surface area (Å²) in [5.41, 5.74) is 4.15. The topological polar surface area (TPSA) is 12.0 Å². The number of benzene rings is 2. The van der Waals surface area contributed by atoms with Crippen molar-refractivity contribution in [2.24, 2.45) is 0 Å². The first-order valence-electron chi connectivity index (χ1n) is 6.73. The predicted octanol–water partition coefficient (Wildman–Crippen LogP) is 5.12. The Bertz CT molecular complexity index is 566. The molecule has 1 nitrogen and oxygen atoms in total. The summed E-state index contributed by atoms with van der Waals surface area (Å²) in [6.45, 7) is 4.38. The lowest BCUT2D eigenvalue weighted by Gasteiger charge is -2.19. The average molecular weight is 350 g/mol. The zero-order valence-electron chi connectivity index (χ0n) is 12.1. The van der Waals surface area contributed by atoms with Crippen molar-refractivity contribution < 1.29 is 0 Å². The quantitative estimate of drug-likeness (QED) is 0.752. The molecule has 2 rings (SSSR count). The van der Waals surface area contributed by atoms with Gasteiger partial charge in [-0.3, -0.25) is 0 Å². The highest BCUT2D eigenvalue weighted by Gasteiger charge is 2.13. The van der Waals surface area contributed by atoms with Gasteiger partial charge >= 0.3 is 0 Å². The van der Waals surface area contributed by atoms with Crippen LogP contribution in [0, 0.1) is 13.8 Å². The molecule has 0 heterocycles. The van der Waals surface area contributed by atoms with Crippen molar-refractivity contribution in [2.75, 3.05) is 12.8 Å². The van der Waals surface area contributed by atoms with Gasteiger partial charge in [-0.2, -0.15) is 0 Å². The third-order valence-corrected chi connectivity index (χ3v) is 5.23.